The van der Waals surface area contributed by atoms with Gasteiger partial charge < -0.3 is 10.5 Å². The third-order valence-corrected chi connectivity index (χ3v) is 4.16. The molecule has 0 saturated carbocycles. The quantitative estimate of drug-likeness (QED) is 0.561. The number of aromatic nitrogens is 4. The highest BCUT2D eigenvalue weighted by atomic mass is 16.5. The number of pyridine rings is 2. The van der Waals surface area contributed by atoms with Gasteiger partial charge in [0.2, 0.25) is 0 Å². The second kappa shape index (κ2) is 7.33. The molecular formula is C20H19N5O. The van der Waals surface area contributed by atoms with Gasteiger partial charge in [-0.05, 0) is 30.2 Å². The van der Waals surface area contributed by atoms with Gasteiger partial charge in [-0.3, -0.25) is 10.1 Å². The molecule has 6 nitrogen and oxygen atoms in total. The molecule has 0 saturated heterocycles. The van der Waals surface area contributed by atoms with Gasteiger partial charge in [0.15, 0.2) is 5.65 Å². The maximum absolute atomic E-state index is 6.20. The van der Waals surface area contributed by atoms with Gasteiger partial charge in [-0.2, -0.15) is 5.10 Å². The van der Waals surface area contributed by atoms with Crippen LogP contribution in [-0.2, 0) is 6.42 Å². The van der Waals surface area contributed by atoms with E-state index >= 15 is 0 Å². The summed E-state index contributed by atoms with van der Waals surface area (Å²) in [5, 5.41) is 8.19. The molecule has 0 fully saturated rings. The van der Waals surface area contributed by atoms with E-state index in [-0.39, 0.29) is 6.04 Å². The van der Waals surface area contributed by atoms with Crippen LogP contribution in [0.4, 0.5) is 0 Å². The van der Waals surface area contributed by atoms with Crippen LogP contribution >= 0.6 is 0 Å². The van der Waals surface area contributed by atoms with Crippen molar-refractivity contribution in [1.29, 1.82) is 0 Å². The van der Waals surface area contributed by atoms with E-state index in [9.17, 15) is 0 Å². The molecule has 0 radical (unpaired) electrons. The molecule has 0 unspecified atom stereocenters. The second-order valence-electron chi connectivity index (χ2n) is 6.14. The SMILES string of the molecule is N[C@H](COc1cnc2n[nH]c(-c3ccncc3)c2c1)Cc1ccccc1. The van der Waals surface area contributed by atoms with E-state index in [4.69, 9.17) is 10.5 Å². The van der Waals surface area contributed by atoms with Crippen LogP contribution in [0.2, 0.25) is 0 Å². The van der Waals surface area contributed by atoms with Crippen LogP contribution in [0.3, 0.4) is 0 Å². The normalized spacial score (nSPS) is 12.2. The van der Waals surface area contributed by atoms with Crippen LogP contribution in [0.5, 0.6) is 5.75 Å². The Morgan fingerprint density at radius 1 is 1.08 bits per heavy atom. The first-order valence-corrected chi connectivity index (χ1v) is 8.46. The highest BCUT2D eigenvalue weighted by Gasteiger charge is 2.11. The molecule has 26 heavy (non-hydrogen) atoms. The van der Waals surface area contributed by atoms with Crippen molar-refractivity contribution in [1.82, 2.24) is 20.2 Å². The van der Waals surface area contributed by atoms with Gasteiger partial charge in [-0.15, -0.1) is 0 Å². The number of ether oxygens (including phenoxy) is 1. The highest BCUT2D eigenvalue weighted by molar-refractivity contribution is 5.91. The van der Waals surface area contributed by atoms with Crippen molar-refractivity contribution in [2.75, 3.05) is 6.61 Å². The van der Waals surface area contributed by atoms with Crippen molar-refractivity contribution in [3.63, 3.8) is 0 Å². The first kappa shape index (κ1) is 16.2. The van der Waals surface area contributed by atoms with Crippen LogP contribution < -0.4 is 10.5 Å². The van der Waals surface area contributed by atoms with E-state index in [1.54, 1.807) is 18.6 Å². The number of hydrogen-bond donors (Lipinski definition) is 2. The van der Waals surface area contributed by atoms with Crippen molar-refractivity contribution in [3.05, 3.63) is 72.7 Å². The van der Waals surface area contributed by atoms with Gasteiger partial charge >= 0.3 is 0 Å². The molecule has 0 bridgehead atoms. The van der Waals surface area contributed by atoms with Crippen LogP contribution in [0.1, 0.15) is 5.56 Å². The van der Waals surface area contributed by atoms with Crippen LogP contribution in [-0.4, -0.2) is 32.8 Å². The monoisotopic (exact) mass is 345 g/mol. The van der Waals surface area contributed by atoms with Gasteiger partial charge in [0.1, 0.15) is 12.4 Å². The van der Waals surface area contributed by atoms with Crippen LogP contribution in [0.25, 0.3) is 22.3 Å². The van der Waals surface area contributed by atoms with E-state index in [1.165, 1.54) is 5.56 Å². The lowest BCUT2D eigenvalue weighted by Crippen LogP contribution is -2.30. The summed E-state index contributed by atoms with van der Waals surface area (Å²) in [5.41, 5.74) is 9.95. The Hall–Kier alpha value is -3.25. The lowest BCUT2D eigenvalue weighted by Gasteiger charge is -2.13. The van der Waals surface area contributed by atoms with Crippen LogP contribution in [0.15, 0.2) is 67.1 Å². The molecule has 130 valence electrons. The first-order valence-electron chi connectivity index (χ1n) is 8.46. The minimum Gasteiger partial charge on any atom is -0.490 e. The Bertz CT molecular complexity index is 985. The largest absolute Gasteiger partial charge is 0.490 e. The predicted octanol–water partition coefficient (Wildman–Crippen LogP) is 2.97. The average molecular weight is 345 g/mol. The van der Waals surface area contributed by atoms with Gasteiger partial charge in [0, 0.05) is 24.0 Å². The molecule has 1 aromatic carbocycles. The van der Waals surface area contributed by atoms with E-state index < -0.39 is 0 Å². The minimum absolute atomic E-state index is 0.0860. The Kier molecular flexibility index (Phi) is 4.57. The van der Waals surface area contributed by atoms with Crippen molar-refractivity contribution in [3.8, 4) is 17.0 Å². The number of nitrogens with one attached hydrogen (secondary N) is 1. The molecule has 4 rings (SSSR count). The molecule has 6 heteroatoms. The third-order valence-electron chi connectivity index (χ3n) is 4.16. The van der Waals surface area contributed by atoms with Gasteiger partial charge in [-0.25, -0.2) is 4.98 Å². The number of aromatic amines is 1. The van der Waals surface area contributed by atoms with E-state index in [0.29, 0.717) is 18.0 Å². The number of H-pyrrole nitrogens is 1. The first-order chi connectivity index (χ1) is 12.8. The Morgan fingerprint density at radius 3 is 2.69 bits per heavy atom. The van der Waals surface area contributed by atoms with Gasteiger partial charge in [0.05, 0.1) is 17.3 Å². The number of hydrogen-bond acceptors (Lipinski definition) is 5. The van der Waals surface area contributed by atoms with Crippen molar-refractivity contribution in [2.24, 2.45) is 5.73 Å². The Labute approximate surface area is 151 Å². The molecule has 0 aliphatic heterocycles. The summed E-state index contributed by atoms with van der Waals surface area (Å²) in [5.74, 6) is 0.678. The van der Waals surface area contributed by atoms with E-state index in [0.717, 1.165) is 23.1 Å². The maximum atomic E-state index is 6.20. The molecule has 0 aliphatic rings. The number of fused-ring (bicyclic) bond motifs is 1. The molecule has 0 amide bonds. The standard InChI is InChI=1S/C20H19N5O/c21-16(10-14-4-2-1-3-5-14)13-26-17-11-18-19(15-6-8-22-9-7-15)24-25-20(18)23-12-17/h1-9,11-12,16H,10,13,21H2,(H,23,24,25)/t16-/m0/s1. The summed E-state index contributed by atoms with van der Waals surface area (Å²) in [4.78, 5) is 8.41. The highest BCUT2D eigenvalue weighted by Crippen LogP contribution is 2.27. The molecule has 4 aromatic rings. The number of rotatable bonds is 6. The lowest BCUT2D eigenvalue weighted by molar-refractivity contribution is 0.287. The zero-order valence-corrected chi connectivity index (χ0v) is 14.2. The summed E-state index contributed by atoms with van der Waals surface area (Å²) in [6.45, 7) is 0.421. The molecule has 1 atom stereocenters. The predicted molar refractivity (Wildman–Crippen MR) is 101 cm³/mol. The van der Waals surface area contributed by atoms with Crippen molar-refractivity contribution in [2.45, 2.75) is 12.5 Å². The fourth-order valence-electron chi connectivity index (χ4n) is 2.88. The van der Waals surface area contributed by atoms with Gasteiger partial charge in [-0.1, -0.05) is 30.3 Å². The topological polar surface area (TPSA) is 89.7 Å². The lowest BCUT2D eigenvalue weighted by atomic mass is 10.1. The summed E-state index contributed by atoms with van der Waals surface area (Å²) in [6, 6.07) is 15.9. The fourth-order valence-corrected chi connectivity index (χ4v) is 2.88. The molecule has 0 aliphatic carbocycles. The Balaban J connectivity index is 1.49. The molecule has 3 N–H and O–H groups in total. The zero-order chi connectivity index (χ0) is 17.8. The average Bonchev–Trinajstić information content (AvgIpc) is 3.11. The van der Waals surface area contributed by atoms with Crippen molar-refractivity contribution < 1.29 is 4.74 Å². The van der Waals surface area contributed by atoms with Crippen molar-refractivity contribution >= 4 is 11.0 Å². The summed E-state index contributed by atoms with van der Waals surface area (Å²) in [6.07, 6.45) is 5.94. The maximum Gasteiger partial charge on any atom is 0.181 e. The van der Waals surface area contributed by atoms with E-state index in [2.05, 4.69) is 32.3 Å². The summed E-state index contributed by atoms with van der Waals surface area (Å²) in [7, 11) is 0. The molecular weight excluding hydrogens is 326 g/mol. The third kappa shape index (κ3) is 3.55. The second-order valence-corrected chi connectivity index (χ2v) is 6.14. The number of benzene rings is 1. The van der Waals surface area contributed by atoms with Gasteiger partial charge in [0.25, 0.3) is 0 Å². The van der Waals surface area contributed by atoms with E-state index in [1.807, 2.05) is 36.4 Å². The zero-order valence-electron chi connectivity index (χ0n) is 14.2. The molecule has 0 spiro atoms. The summed E-state index contributed by atoms with van der Waals surface area (Å²) < 4.78 is 5.87. The number of nitrogens with two attached hydrogens (primary N) is 1. The van der Waals surface area contributed by atoms with Crippen LogP contribution in [0, 0.1) is 0 Å². The Morgan fingerprint density at radius 2 is 1.88 bits per heavy atom. The minimum atomic E-state index is -0.0860. The smallest absolute Gasteiger partial charge is 0.181 e. The number of nitrogens with zero attached hydrogens (tertiary/aromatic N) is 3. The molecule has 3 heterocycles. The fraction of sp³-hybridized carbons (Fsp3) is 0.150. The summed E-state index contributed by atoms with van der Waals surface area (Å²) >= 11 is 0. The molecule has 3 aromatic heterocycles.